The van der Waals surface area contributed by atoms with Gasteiger partial charge in [-0.1, -0.05) is 65.7 Å². The molecule has 1 aliphatic rings. The maximum atomic E-state index is 13.9. The Morgan fingerprint density at radius 2 is 0.972 bits per heavy atom. The Labute approximate surface area is 826 Å². The molecule has 0 spiro atoms. The fraction of sp³-hybridized carbons (Fsp3) is 0.391. The molecule has 0 radical (unpaired) electrons. The molecule has 1 saturated heterocycles. The highest BCUT2D eigenvalue weighted by Gasteiger charge is 2.32. The largest absolute Gasteiger partial charge is 0.400 e. The minimum absolute atomic E-state index is 0.00709. The van der Waals surface area contributed by atoms with Crippen molar-refractivity contribution in [2.45, 2.75) is 127 Å². The van der Waals surface area contributed by atoms with E-state index in [1.807, 2.05) is 36.8 Å². The van der Waals surface area contributed by atoms with Crippen molar-refractivity contribution in [2.24, 2.45) is 5.10 Å². The van der Waals surface area contributed by atoms with Gasteiger partial charge in [0.05, 0.1) is 64.7 Å². The number of nitrogens with one attached hydrogen (secondary N) is 12. The number of imidazole rings is 2. The maximum Gasteiger partial charge on any atom is 0.373 e. The number of aryl methyl sites for hydroxylation is 8. The molecule has 2 unspecified atom stereocenters. The minimum Gasteiger partial charge on any atom is -0.400 e. The molecule has 5 aromatic carbocycles. The number of aromatic amines is 2. The summed E-state index contributed by atoms with van der Waals surface area (Å²) in [4.78, 5) is 163. The first-order chi connectivity index (χ1) is 67.9. The molecule has 0 aliphatic carbocycles. The summed E-state index contributed by atoms with van der Waals surface area (Å²) < 4.78 is 129. The lowest BCUT2D eigenvalue weighted by molar-refractivity contribution is -0.191. The van der Waals surface area contributed by atoms with Crippen LogP contribution >= 0.6 is 0 Å². The van der Waals surface area contributed by atoms with Crippen LogP contribution in [0.25, 0.3) is 21.8 Å². The second kappa shape index (κ2) is 55.8. The summed E-state index contributed by atoms with van der Waals surface area (Å²) in [5.41, 5.74) is 6.90. The van der Waals surface area contributed by atoms with Crippen molar-refractivity contribution >= 4 is 133 Å². The van der Waals surface area contributed by atoms with Gasteiger partial charge in [0, 0.05) is 179 Å². The van der Waals surface area contributed by atoms with Gasteiger partial charge in [0.25, 0.3) is 38.0 Å². The lowest BCUT2D eigenvalue weighted by Gasteiger charge is -2.31. The van der Waals surface area contributed by atoms with Crippen LogP contribution in [0.3, 0.4) is 0 Å². The highest BCUT2D eigenvalue weighted by molar-refractivity contribution is 7.90. The van der Waals surface area contributed by atoms with E-state index in [0.717, 1.165) is 63.3 Å². The molecule has 5 amide bonds. The number of sulfonamides is 2. The average molecular weight is 2060 g/mol. The summed E-state index contributed by atoms with van der Waals surface area (Å²) in [5, 5.41) is 57.2. The second-order valence-electron chi connectivity index (χ2n) is 33.0. The number of aliphatic hydroxyl groups is 4. The third-order valence-corrected chi connectivity index (χ3v) is 27.4. The van der Waals surface area contributed by atoms with Crippen LogP contribution in [-0.4, -0.2) is 314 Å². The van der Waals surface area contributed by atoms with Gasteiger partial charge in [-0.15, -0.1) is 0 Å². The summed E-state index contributed by atoms with van der Waals surface area (Å²) in [5.74, 6) is -4.97. The van der Waals surface area contributed by atoms with Gasteiger partial charge in [0.15, 0.2) is 11.9 Å². The van der Waals surface area contributed by atoms with Crippen molar-refractivity contribution < 1.29 is 106 Å². The molecule has 0 bridgehead atoms. The Morgan fingerprint density at radius 1 is 0.538 bits per heavy atom. The summed E-state index contributed by atoms with van der Waals surface area (Å²) >= 11 is 0. The molecule has 143 heavy (non-hydrogen) atoms. The number of rotatable bonds is 41. The number of pyridine rings is 3. The molecular formula is C92H122N22O25S4. The Morgan fingerprint density at radius 3 is 1.38 bits per heavy atom. The summed E-state index contributed by atoms with van der Waals surface area (Å²) in [7, 11) is -13.8. The van der Waals surface area contributed by atoms with Crippen molar-refractivity contribution in [3.05, 3.63) is 228 Å². The van der Waals surface area contributed by atoms with Gasteiger partial charge in [-0.3, -0.25) is 72.4 Å². The van der Waals surface area contributed by atoms with Crippen LogP contribution in [0.15, 0.2) is 170 Å². The zero-order chi connectivity index (χ0) is 106. The molecule has 10 aromatic rings. The van der Waals surface area contributed by atoms with Crippen LogP contribution < -0.4 is 62.9 Å². The van der Waals surface area contributed by atoms with Crippen LogP contribution in [0.5, 0.6) is 0 Å². The van der Waals surface area contributed by atoms with Crippen LogP contribution in [0, 0.1) is 41.5 Å². The van der Waals surface area contributed by atoms with Crippen molar-refractivity contribution in [3.8, 4) is 0 Å². The number of amides is 5. The molecule has 6 heterocycles. The van der Waals surface area contributed by atoms with Crippen LogP contribution in [0.2, 0.25) is 0 Å². The Kier molecular flexibility index (Phi) is 45.5. The van der Waals surface area contributed by atoms with E-state index in [9.17, 15) is 96.1 Å². The van der Waals surface area contributed by atoms with E-state index in [0.29, 0.717) is 116 Å². The number of likely N-dealkylation sites (N-methyl/N-ethyl adjacent to an activating group) is 1. The van der Waals surface area contributed by atoms with E-state index in [1.165, 1.54) is 61.8 Å². The van der Waals surface area contributed by atoms with Gasteiger partial charge in [-0.2, -0.15) is 41.0 Å². The molecule has 18 N–H and O–H groups in total. The predicted molar refractivity (Wildman–Crippen MR) is 531 cm³/mol. The molecule has 1 fully saturated rings. The molecule has 11 rings (SSSR count). The van der Waals surface area contributed by atoms with Gasteiger partial charge in [0.1, 0.15) is 45.2 Å². The number of fused-ring (bicyclic) bond motifs is 2. The first-order valence-electron chi connectivity index (χ1n) is 44.5. The molecule has 51 heteroatoms. The van der Waals surface area contributed by atoms with E-state index >= 15 is 0 Å². The average Bonchev–Trinajstić information content (AvgIpc) is 1.08. The van der Waals surface area contributed by atoms with Crippen molar-refractivity contribution in [3.63, 3.8) is 0 Å². The molecule has 0 saturated carbocycles. The molecule has 774 valence electrons. The van der Waals surface area contributed by atoms with Crippen molar-refractivity contribution in [1.82, 2.24) is 89.7 Å². The number of hydrazone groups is 1. The van der Waals surface area contributed by atoms with Crippen LogP contribution in [-0.2, 0) is 95.2 Å². The highest BCUT2D eigenvalue weighted by atomic mass is 32.2. The van der Waals surface area contributed by atoms with Gasteiger partial charge < -0.3 is 81.6 Å². The second-order valence-corrected chi connectivity index (χ2v) is 39.2. The van der Waals surface area contributed by atoms with Crippen LogP contribution in [0.4, 0.5) is 17.7 Å². The number of carbonyl (C=O) groups excluding carboxylic acids is 9. The lowest BCUT2D eigenvalue weighted by Crippen LogP contribution is -2.50. The van der Waals surface area contributed by atoms with Gasteiger partial charge in [-0.25, -0.2) is 31.8 Å². The zero-order valence-electron chi connectivity index (χ0n) is 80.7. The standard InChI is InChI=1S/C46H51N11O13S3.C43H63N11O8S.CO2.2CH4O/c1-27-18-28(2)42(29(3)19-27)72(66,67)56-36(30(4)58)24-51-44(61)35-25-57(38-20-31(10-12-34(38)41(35)59)21-52-46-48-15-16-49-46)17-7-14-47-45(62)37(26-71(63,64)65)54-43(60)33-11-13-40(50-22-33)55-53-23-32-8-5-6-9-39(32)73(68,69)70;1-30-21-31(2)41(32(3)22-30)63(61,62)49-37(33(4)57)25-47-42(60)36-26-54(38-23-34(7-8-35(38)40(36)59)24-48-43-45-10-11-46-43)12-6-9-44-39(58)27-51-15-13-50(5)14-16-52(28-55)19-20-53(29-56)18-17-51;2-1-3;2*1-2/h5-6,8-13,15-16,18-20,22-23,25,36-37,56H,7,14,17,21,24,26H2,1-4H3,(H,47,62)(H,50,55)(H,51,61)(H,54,60)(H2,48,49,52)(H,63,64,65)(H,68,69,70);7-8,10-11,21-23,26,37,49,55-56H,6,9,12-20,24-25,27-29H2,1-5H3,(H,44,58)(H,47,60)(H2,45,46,48);;2*2H,1H3/b53-23-;;;;/t36?,37-;;;;/m0..../s1. The Bertz CT molecular complexity index is 6700. The van der Waals surface area contributed by atoms with E-state index in [-0.39, 0.29) is 112 Å². The van der Waals surface area contributed by atoms with Crippen LogP contribution in [0.1, 0.15) is 108 Å². The fourth-order valence-corrected chi connectivity index (χ4v) is 20.0. The smallest absolute Gasteiger partial charge is 0.373 e. The highest BCUT2D eigenvalue weighted by Crippen LogP contribution is 2.26. The molecular weight excluding hydrogens is 1940 g/mol. The third kappa shape index (κ3) is 35.6. The van der Waals surface area contributed by atoms with E-state index in [4.69, 9.17) is 19.8 Å². The monoisotopic (exact) mass is 2060 g/mol. The number of hydrogen-bond donors (Lipinski definition) is 18. The van der Waals surface area contributed by atoms with Crippen molar-refractivity contribution in [1.29, 1.82) is 0 Å². The molecule has 3 atom stereocenters. The first kappa shape index (κ1) is 117. The number of ketones is 2. The molecule has 47 nitrogen and oxygen atoms in total. The zero-order valence-corrected chi connectivity index (χ0v) is 84.0. The van der Waals surface area contributed by atoms with Gasteiger partial charge in [0.2, 0.25) is 42.7 Å². The third-order valence-electron chi connectivity index (χ3n) is 22.2. The number of nitrogens with zero attached hydrogens (tertiary/aromatic N) is 10. The maximum absolute atomic E-state index is 13.9. The number of carbonyl (C=O) groups is 7. The van der Waals surface area contributed by atoms with Crippen molar-refractivity contribution in [2.75, 3.05) is 142 Å². The Balaban J connectivity index is 0.000000369. The van der Waals surface area contributed by atoms with Gasteiger partial charge in [-0.05, 0) is 151 Å². The first-order valence-corrected chi connectivity index (χ1v) is 50.6. The summed E-state index contributed by atoms with van der Waals surface area (Å²) in [6.07, 6.45) is 12.2. The van der Waals surface area contributed by atoms with Gasteiger partial charge >= 0.3 is 6.15 Å². The quantitative estimate of drug-likeness (QED) is 0.0110. The fourth-order valence-electron chi connectivity index (χ4n) is 15.3. The van der Waals surface area contributed by atoms with E-state index in [2.05, 4.69) is 91.9 Å². The number of benzene rings is 5. The summed E-state index contributed by atoms with van der Waals surface area (Å²) in [6.45, 7) is 18.0. The SMILES string of the molecule is CC(=O)C(CNC(=O)c1cn(CCCNC(=O)CN2CCN(C)CCN(CO)CCN(CO)CC2)c2cc(CNc3ncc[nH]3)ccc2c1=O)NS(=O)(=O)c1c(C)cc(C)cc1C.CC(=O)C(CNC(=O)c1cn(CCCNC(=O)[C@H](CS(=O)(=O)O)NC(=O)c2ccc(N/N=C\c3ccccc3S(=O)(=O)O)nc2)c2cc(CNc3ncc[nH]3)ccc2c1=O)NS(=O)(=O)c1c(C)cc(C)cc1C.CO.CO.O=C=O. The number of hydrogen-bond acceptors (Lipinski definition) is 34. The Hall–Kier alpha value is -13.5. The number of H-pyrrole nitrogens is 2. The number of aromatic nitrogens is 7. The topological polar surface area (TPSA) is 671 Å². The number of aliphatic hydroxyl groups excluding tert-OH is 4. The molecule has 5 aromatic heterocycles. The van der Waals surface area contributed by atoms with E-state index < -0.39 is 123 Å². The predicted octanol–water partition coefficient (Wildman–Crippen LogP) is 1.03. The summed E-state index contributed by atoms with van der Waals surface area (Å²) in [6, 6.07) is 20.6. The molecule has 1 aliphatic heterocycles. The number of Topliss-reactive ketones (excluding diaryl/α,β-unsaturated/α-hetero) is 2. The lowest BCUT2D eigenvalue weighted by atomic mass is 10.1. The van der Waals surface area contributed by atoms with E-state index in [1.54, 1.807) is 110 Å². The minimum atomic E-state index is -4.83. The normalized spacial score (nSPS) is 13.7. The number of anilines is 3.